The van der Waals surface area contributed by atoms with E-state index in [1.54, 1.807) is 10.7 Å². The third-order valence-corrected chi connectivity index (χ3v) is 3.05. The molecule has 0 amide bonds. The fourth-order valence-corrected chi connectivity index (χ4v) is 2.03. The zero-order valence-electron chi connectivity index (χ0n) is 11.1. The number of benzene rings is 1. The molecular formula is C14H13N5O2. The van der Waals surface area contributed by atoms with E-state index in [0.717, 1.165) is 11.3 Å². The number of hydrogen-bond donors (Lipinski definition) is 2. The standard InChI is InChI=1S/C14H13N5O2/c15-10-3-1-9(2-4-10)11-7-8-16-14-17-12(18-19(11)14)5-6-13(20)21/h1-4,7-8H,5-6,15H2,(H,20,21). The van der Waals surface area contributed by atoms with Crippen molar-refractivity contribution in [1.29, 1.82) is 0 Å². The molecule has 0 bridgehead atoms. The van der Waals surface area contributed by atoms with Crippen LogP contribution in [0, 0.1) is 0 Å². The second-order valence-corrected chi connectivity index (χ2v) is 4.59. The third kappa shape index (κ3) is 2.66. The fraction of sp³-hybridized carbons (Fsp3) is 0.143. The van der Waals surface area contributed by atoms with Crippen LogP contribution in [0.2, 0.25) is 0 Å². The number of hydrogen-bond acceptors (Lipinski definition) is 5. The van der Waals surface area contributed by atoms with E-state index in [2.05, 4.69) is 15.1 Å². The molecule has 2 heterocycles. The van der Waals surface area contributed by atoms with E-state index in [4.69, 9.17) is 10.8 Å². The lowest BCUT2D eigenvalue weighted by atomic mass is 10.1. The van der Waals surface area contributed by atoms with Gasteiger partial charge in [-0.25, -0.2) is 4.98 Å². The van der Waals surface area contributed by atoms with Crippen molar-refractivity contribution in [3.63, 3.8) is 0 Å². The Balaban J connectivity index is 2.03. The number of nitrogens with two attached hydrogens (primary N) is 1. The number of carbonyl (C=O) groups is 1. The minimum absolute atomic E-state index is 0.00587. The van der Waals surface area contributed by atoms with Gasteiger partial charge >= 0.3 is 5.97 Å². The first-order chi connectivity index (χ1) is 10.1. The highest BCUT2D eigenvalue weighted by atomic mass is 16.4. The maximum Gasteiger partial charge on any atom is 0.303 e. The van der Waals surface area contributed by atoms with E-state index < -0.39 is 5.97 Å². The molecule has 3 N–H and O–H groups in total. The number of rotatable bonds is 4. The molecule has 0 aliphatic carbocycles. The molecule has 1 aromatic carbocycles. The van der Waals surface area contributed by atoms with Gasteiger partial charge < -0.3 is 10.8 Å². The predicted molar refractivity (Wildman–Crippen MR) is 76.6 cm³/mol. The van der Waals surface area contributed by atoms with Gasteiger partial charge in [0.15, 0.2) is 5.82 Å². The summed E-state index contributed by atoms with van der Waals surface area (Å²) in [6.07, 6.45) is 1.92. The first kappa shape index (κ1) is 13.0. The van der Waals surface area contributed by atoms with Crippen molar-refractivity contribution in [3.05, 3.63) is 42.4 Å². The highest BCUT2D eigenvalue weighted by Gasteiger charge is 2.10. The molecule has 3 rings (SSSR count). The monoisotopic (exact) mass is 283 g/mol. The van der Waals surface area contributed by atoms with Crippen molar-refractivity contribution in [3.8, 4) is 11.3 Å². The maximum absolute atomic E-state index is 10.6. The molecule has 0 spiro atoms. The van der Waals surface area contributed by atoms with E-state index in [1.807, 2.05) is 30.3 Å². The van der Waals surface area contributed by atoms with Crippen molar-refractivity contribution in [1.82, 2.24) is 19.6 Å². The Labute approximate surface area is 120 Å². The van der Waals surface area contributed by atoms with Crippen LogP contribution in [0.3, 0.4) is 0 Å². The van der Waals surface area contributed by atoms with E-state index in [0.29, 0.717) is 17.3 Å². The average molecular weight is 283 g/mol. The zero-order valence-corrected chi connectivity index (χ0v) is 11.1. The Morgan fingerprint density at radius 1 is 1.24 bits per heavy atom. The van der Waals surface area contributed by atoms with Crippen LogP contribution in [0.4, 0.5) is 5.69 Å². The van der Waals surface area contributed by atoms with Gasteiger partial charge in [0, 0.05) is 23.9 Å². The van der Waals surface area contributed by atoms with Crippen LogP contribution < -0.4 is 5.73 Å². The van der Waals surface area contributed by atoms with Gasteiger partial charge in [-0.1, -0.05) is 12.1 Å². The molecule has 3 aromatic rings. The molecule has 0 radical (unpaired) electrons. The average Bonchev–Trinajstić information content (AvgIpc) is 2.89. The van der Waals surface area contributed by atoms with Crippen LogP contribution in [-0.4, -0.2) is 30.7 Å². The van der Waals surface area contributed by atoms with Crippen LogP contribution in [-0.2, 0) is 11.2 Å². The van der Waals surface area contributed by atoms with Gasteiger partial charge in [0.05, 0.1) is 12.1 Å². The largest absolute Gasteiger partial charge is 0.481 e. The first-order valence-electron chi connectivity index (χ1n) is 6.42. The number of aliphatic carboxylic acids is 1. The summed E-state index contributed by atoms with van der Waals surface area (Å²) in [5.41, 5.74) is 8.14. The quantitative estimate of drug-likeness (QED) is 0.701. The third-order valence-electron chi connectivity index (χ3n) is 3.05. The molecule has 0 atom stereocenters. The van der Waals surface area contributed by atoms with Crippen molar-refractivity contribution < 1.29 is 9.90 Å². The number of carboxylic acids is 1. The van der Waals surface area contributed by atoms with Gasteiger partial charge in [-0.2, -0.15) is 9.50 Å². The van der Waals surface area contributed by atoms with Gasteiger partial charge in [0.2, 0.25) is 0 Å². The number of nitrogen functional groups attached to an aromatic ring is 1. The summed E-state index contributed by atoms with van der Waals surface area (Å²) in [6, 6.07) is 9.23. The summed E-state index contributed by atoms with van der Waals surface area (Å²) in [6.45, 7) is 0. The van der Waals surface area contributed by atoms with Gasteiger partial charge in [-0.15, -0.1) is 5.10 Å². The minimum atomic E-state index is -0.874. The summed E-state index contributed by atoms with van der Waals surface area (Å²) in [7, 11) is 0. The van der Waals surface area contributed by atoms with Gasteiger partial charge in [0.1, 0.15) is 0 Å². The van der Waals surface area contributed by atoms with Gasteiger partial charge in [0.25, 0.3) is 5.78 Å². The van der Waals surface area contributed by atoms with Crippen molar-refractivity contribution in [2.24, 2.45) is 0 Å². The molecule has 0 saturated heterocycles. The number of carboxylic acid groups (broad SMARTS) is 1. The van der Waals surface area contributed by atoms with Crippen LogP contribution in [0.25, 0.3) is 17.0 Å². The smallest absolute Gasteiger partial charge is 0.303 e. The fourth-order valence-electron chi connectivity index (χ4n) is 2.03. The van der Waals surface area contributed by atoms with Crippen LogP contribution in [0.1, 0.15) is 12.2 Å². The topological polar surface area (TPSA) is 106 Å². The molecule has 0 aliphatic rings. The number of aromatic nitrogens is 4. The number of anilines is 1. The Kier molecular flexibility index (Phi) is 3.23. The summed E-state index contributed by atoms with van der Waals surface area (Å²) >= 11 is 0. The van der Waals surface area contributed by atoms with Crippen LogP contribution >= 0.6 is 0 Å². The van der Waals surface area contributed by atoms with E-state index in [-0.39, 0.29) is 12.8 Å². The van der Waals surface area contributed by atoms with E-state index >= 15 is 0 Å². The number of nitrogens with zero attached hydrogens (tertiary/aromatic N) is 4. The second-order valence-electron chi connectivity index (χ2n) is 4.59. The molecule has 0 aliphatic heterocycles. The molecule has 7 nitrogen and oxygen atoms in total. The first-order valence-corrected chi connectivity index (χ1v) is 6.42. The van der Waals surface area contributed by atoms with E-state index in [1.165, 1.54) is 0 Å². The Bertz CT molecular complexity index is 795. The van der Waals surface area contributed by atoms with E-state index in [9.17, 15) is 4.79 Å². The predicted octanol–water partition coefficient (Wildman–Crippen LogP) is 1.39. The highest BCUT2D eigenvalue weighted by Crippen LogP contribution is 2.20. The lowest BCUT2D eigenvalue weighted by molar-refractivity contribution is -0.137. The molecular weight excluding hydrogens is 270 g/mol. The van der Waals surface area contributed by atoms with Crippen molar-refractivity contribution in [2.75, 3.05) is 5.73 Å². The zero-order chi connectivity index (χ0) is 14.8. The summed E-state index contributed by atoms with van der Waals surface area (Å²) in [5.74, 6) is 0.0399. The van der Waals surface area contributed by atoms with Crippen LogP contribution in [0.15, 0.2) is 36.5 Å². The summed E-state index contributed by atoms with van der Waals surface area (Å²) in [4.78, 5) is 19.0. The Morgan fingerprint density at radius 3 is 2.71 bits per heavy atom. The molecule has 0 fully saturated rings. The van der Waals surface area contributed by atoms with Crippen molar-refractivity contribution >= 4 is 17.4 Å². The minimum Gasteiger partial charge on any atom is -0.481 e. The molecule has 7 heteroatoms. The van der Waals surface area contributed by atoms with Crippen LogP contribution in [0.5, 0.6) is 0 Å². The Hall–Kier alpha value is -2.96. The van der Waals surface area contributed by atoms with Gasteiger partial charge in [-0.3, -0.25) is 4.79 Å². The molecule has 0 saturated carbocycles. The highest BCUT2D eigenvalue weighted by molar-refractivity contribution is 5.67. The molecule has 21 heavy (non-hydrogen) atoms. The Morgan fingerprint density at radius 2 is 2.00 bits per heavy atom. The lowest BCUT2D eigenvalue weighted by Gasteiger charge is -2.03. The van der Waals surface area contributed by atoms with Gasteiger partial charge in [-0.05, 0) is 18.2 Å². The second kappa shape index (κ2) is 5.20. The summed E-state index contributed by atoms with van der Waals surface area (Å²) in [5, 5.41) is 13.1. The normalized spacial score (nSPS) is 10.9. The molecule has 2 aromatic heterocycles. The summed E-state index contributed by atoms with van der Waals surface area (Å²) < 4.78 is 1.61. The lowest BCUT2D eigenvalue weighted by Crippen LogP contribution is -1.99. The number of aryl methyl sites for hydroxylation is 1. The number of fused-ring (bicyclic) bond motifs is 1. The van der Waals surface area contributed by atoms with Crippen molar-refractivity contribution in [2.45, 2.75) is 12.8 Å². The maximum atomic E-state index is 10.6. The molecule has 0 unspecified atom stereocenters. The molecule has 106 valence electrons. The SMILES string of the molecule is Nc1ccc(-c2ccnc3nc(CCC(=O)O)nn23)cc1.